The first-order chi connectivity index (χ1) is 7.65. The van der Waals surface area contributed by atoms with Gasteiger partial charge in [-0.1, -0.05) is 23.7 Å². The van der Waals surface area contributed by atoms with Gasteiger partial charge in [0.25, 0.3) is 0 Å². The minimum Gasteiger partial charge on any atom is -0.497 e. The van der Waals surface area contributed by atoms with Gasteiger partial charge in [-0.2, -0.15) is 0 Å². The van der Waals surface area contributed by atoms with Crippen LogP contribution in [-0.4, -0.2) is 25.2 Å². The molecule has 0 aromatic heterocycles. The monoisotopic (exact) mass is 238 g/mol. The molecule has 0 saturated carbocycles. The third-order valence-corrected chi connectivity index (χ3v) is 2.12. The molecular formula is C12H15ClN2O. The number of benzene rings is 1. The van der Waals surface area contributed by atoms with Gasteiger partial charge in [0, 0.05) is 13.5 Å². The van der Waals surface area contributed by atoms with Crippen molar-refractivity contribution in [2.24, 2.45) is 9.98 Å². The van der Waals surface area contributed by atoms with Crippen molar-refractivity contribution in [3.63, 3.8) is 0 Å². The second-order valence-electron chi connectivity index (χ2n) is 3.28. The van der Waals surface area contributed by atoms with Crippen LogP contribution in [0, 0.1) is 0 Å². The van der Waals surface area contributed by atoms with E-state index in [2.05, 4.69) is 9.98 Å². The number of halogens is 1. The second-order valence-corrected chi connectivity index (χ2v) is 3.82. The van der Waals surface area contributed by atoms with E-state index in [1.54, 1.807) is 21.1 Å². The van der Waals surface area contributed by atoms with Crippen LogP contribution >= 0.6 is 11.6 Å². The summed E-state index contributed by atoms with van der Waals surface area (Å²) < 4.78 is 5.15. The Morgan fingerprint density at radius 1 is 1.44 bits per heavy atom. The van der Waals surface area contributed by atoms with Gasteiger partial charge in [0.1, 0.15) is 16.8 Å². The summed E-state index contributed by atoms with van der Waals surface area (Å²) in [6, 6.07) is 7.82. The molecule has 3 nitrogen and oxygen atoms in total. The number of aliphatic imine (C=N–C) groups is 2. The highest BCUT2D eigenvalue weighted by molar-refractivity contribution is 6.65. The molecule has 0 radical (unpaired) electrons. The van der Waals surface area contributed by atoms with Crippen molar-refractivity contribution < 1.29 is 4.74 Å². The summed E-state index contributed by atoms with van der Waals surface area (Å²) in [5, 5.41) is 0.489. The van der Waals surface area contributed by atoms with E-state index in [9.17, 15) is 0 Å². The van der Waals surface area contributed by atoms with E-state index in [0.29, 0.717) is 17.4 Å². The number of methoxy groups -OCH3 is 1. The van der Waals surface area contributed by atoms with E-state index in [4.69, 9.17) is 16.3 Å². The summed E-state index contributed by atoms with van der Waals surface area (Å²) in [6.07, 6.45) is 0.651. The zero-order valence-corrected chi connectivity index (χ0v) is 10.5. The molecule has 0 aliphatic carbocycles. The number of rotatable bonds is 3. The van der Waals surface area contributed by atoms with Crippen molar-refractivity contribution in [3.8, 4) is 5.75 Å². The molecule has 0 amide bonds. The SMILES string of the molecule is C/N=C(Cc1cccc(OC)c1)\N=C(/C)Cl. The lowest BCUT2D eigenvalue weighted by atomic mass is 10.1. The van der Waals surface area contributed by atoms with Crippen molar-refractivity contribution >= 4 is 22.6 Å². The Hall–Kier alpha value is -1.35. The number of nitrogens with zero attached hydrogens (tertiary/aromatic N) is 2. The molecule has 0 bridgehead atoms. The standard InChI is InChI=1S/C12H15ClN2O/c1-9(13)15-12(14-2)8-10-5-4-6-11(7-10)16-3/h4-7H,8H2,1-3H3/b14-12-,15-9+. The van der Waals surface area contributed by atoms with Gasteiger partial charge in [-0.25, -0.2) is 4.99 Å². The van der Waals surface area contributed by atoms with Crippen LogP contribution in [0.2, 0.25) is 0 Å². The zero-order chi connectivity index (χ0) is 12.0. The molecule has 0 atom stereocenters. The van der Waals surface area contributed by atoms with Gasteiger partial charge in [0.2, 0.25) is 0 Å². The summed E-state index contributed by atoms with van der Waals surface area (Å²) in [5.74, 6) is 1.54. The fourth-order valence-electron chi connectivity index (χ4n) is 1.31. The lowest BCUT2D eigenvalue weighted by molar-refractivity contribution is 0.414. The fraction of sp³-hybridized carbons (Fsp3) is 0.333. The van der Waals surface area contributed by atoms with Crippen molar-refractivity contribution in [1.82, 2.24) is 0 Å². The Balaban J connectivity index is 2.82. The predicted molar refractivity (Wildman–Crippen MR) is 69.0 cm³/mol. The highest BCUT2D eigenvalue weighted by atomic mass is 35.5. The molecule has 1 aromatic rings. The van der Waals surface area contributed by atoms with Crippen LogP contribution in [0.3, 0.4) is 0 Å². The van der Waals surface area contributed by atoms with Crippen LogP contribution in [0.1, 0.15) is 12.5 Å². The number of amidine groups is 1. The molecule has 0 heterocycles. The molecule has 1 rings (SSSR count). The van der Waals surface area contributed by atoms with Crippen molar-refractivity contribution in [1.29, 1.82) is 0 Å². The lowest BCUT2D eigenvalue weighted by Crippen LogP contribution is -2.01. The summed E-state index contributed by atoms with van der Waals surface area (Å²) in [4.78, 5) is 8.22. The quantitative estimate of drug-likeness (QED) is 0.589. The van der Waals surface area contributed by atoms with Crippen LogP contribution in [0.5, 0.6) is 5.75 Å². The van der Waals surface area contributed by atoms with Gasteiger partial charge in [0.15, 0.2) is 0 Å². The van der Waals surface area contributed by atoms with E-state index in [1.807, 2.05) is 24.3 Å². The average Bonchev–Trinajstić information content (AvgIpc) is 2.28. The first-order valence-electron chi connectivity index (χ1n) is 4.95. The van der Waals surface area contributed by atoms with Crippen molar-refractivity contribution in [2.75, 3.05) is 14.2 Å². The van der Waals surface area contributed by atoms with Crippen molar-refractivity contribution in [3.05, 3.63) is 29.8 Å². The molecule has 16 heavy (non-hydrogen) atoms. The molecule has 4 heteroatoms. The largest absolute Gasteiger partial charge is 0.497 e. The molecule has 86 valence electrons. The molecule has 0 unspecified atom stereocenters. The summed E-state index contributed by atoms with van der Waals surface area (Å²) in [5.41, 5.74) is 1.10. The summed E-state index contributed by atoms with van der Waals surface area (Å²) in [6.45, 7) is 1.73. The number of hydrogen-bond donors (Lipinski definition) is 0. The second kappa shape index (κ2) is 6.28. The molecule has 0 spiro atoms. The highest BCUT2D eigenvalue weighted by Crippen LogP contribution is 2.13. The maximum atomic E-state index is 5.72. The maximum absolute atomic E-state index is 5.72. The van der Waals surface area contributed by atoms with Gasteiger partial charge < -0.3 is 4.74 Å². The van der Waals surface area contributed by atoms with Crippen LogP contribution < -0.4 is 4.74 Å². The van der Waals surface area contributed by atoms with E-state index >= 15 is 0 Å². The Morgan fingerprint density at radius 2 is 2.19 bits per heavy atom. The van der Waals surface area contributed by atoms with Crippen LogP contribution in [0.25, 0.3) is 0 Å². The molecule has 1 aromatic carbocycles. The lowest BCUT2D eigenvalue weighted by Gasteiger charge is -2.04. The Bertz CT molecular complexity index is 409. The minimum atomic E-state index is 0.489. The highest BCUT2D eigenvalue weighted by Gasteiger charge is 2.01. The third-order valence-electron chi connectivity index (χ3n) is 2.04. The Kier molecular flexibility index (Phi) is 4.99. The first kappa shape index (κ1) is 12.7. The molecular weight excluding hydrogens is 224 g/mol. The van der Waals surface area contributed by atoms with Crippen LogP contribution in [0.15, 0.2) is 34.3 Å². The zero-order valence-electron chi connectivity index (χ0n) is 9.70. The normalized spacial score (nSPS) is 12.8. The first-order valence-corrected chi connectivity index (χ1v) is 5.33. The predicted octanol–water partition coefficient (Wildman–Crippen LogP) is 2.92. The fourth-order valence-corrected chi connectivity index (χ4v) is 1.41. The number of ether oxygens (including phenoxy) is 1. The molecule has 0 saturated heterocycles. The number of hydrogen-bond acceptors (Lipinski definition) is 2. The topological polar surface area (TPSA) is 34.0 Å². The molecule has 0 N–H and O–H groups in total. The van der Waals surface area contributed by atoms with E-state index in [-0.39, 0.29) is 0 Å². The molecule has 0 aliphatic rings. The minimum absolute atomic E-state index is 0.489. The summed E-state index contributed by atoms with van der Waals surface area (Å²) >= 11 is 5.72. The molecule has 0 aliphatic heterocycles. The Labute approximate surface area is 101 Å². The van der Waals surface area contributed by atoms with Gasteiger partial charge in [0.05, 0.1) is 7.11 Å². The van der Waals surface area contributed by atoms with Crippen LogP contribution in [0.4, 0.5) is 0 Å². The van der Waals surface area contributed by atoms with Gasteiger partial charge in [-0.15, -0.1) is 0 Å². The van der Waals surface area contributed by atoms with E-state index < -0.39 is 0 Å². The van der Waals surface area contributed by atoms with E-state index in [0.717, 1.165) is 11.3 Å². The smallest absolute Gasteiger partial charge is 0.128 e. The molecule has 0 fully saturated rings. The van der Waals surface area contributed by atoms with Gasteiger partial charge in [-0.05, 0) is 24.6 Å². The van der Waals surface area contributed by atoms with E-state index in [1.165, 1.54) is 0 Å². The maximum Gasteiger partial charge on any atom is 0.128 e. The van der Waals surface area contributed by atoms with Crippen molar-refractivity contribution in [2.45, 2.75) is 13.3 Å². The summed E-state index contributed by atoms with van der Waals surface area (Å²) in [7, 11) is 3.35. The Morgan fingerprint density at radius 3 is 2.75 bits per heavy atom. The van der Waals surface area contributed by atoms with Gasteiger partial charge >= 0.3 is 0 Å². The van der Waals surface area contributed by atoms with Crippen LogP contribution in [-0.2, 0) is 6.42 Å². The van der Waals surface area contributed by atoms with Gasteiger partial charge in [-0.3, -0.25) is 4.99 Å². The average molecular weight is 239 g/mol. The third kappa shape index (κ3) is 4.03.